The van der Waals surface area contributed by atoms with Gasteiger partial charge in [0.25, 0.3) is 0 Å². The summed E-state index contributed by atoms with van der Waals surface area (Å²) in [5.74, 6) is -0.210. The van der Waals surface area contributed by atoms with E-state index in [2.05, 4.69) is 4.90 Å². The van der Waals surface area contributed by atoms with E-state index in [4.69, 9.17) is 5.11 Å². The molecule has 0 amide bonds. The SMILES string of the molecule is Cc1cc(N(C)Cc2cccc(F)c2)ccc1CO. The van der Waals surface area contributed by atoms with Crippen LogP contribution in [0.3, 0.4) is 0 Å². The van der Waals surface area contributed by atoms with Crippen molar-refractivity contribution in [2.75, 3.05) is 11.9 Å². The highest BCUT2D eigenvalue weighted by atomic mass is 19.1. The lowest BCUT2D eigenvalue weighted by molar-refractivity contribution is 0.281. The minimum absolute atomic E-state index is 0.0553. The minimum Gasteiger partial charge on any atom is -0.392 e. The second-order valence-corrected chi connectivity index (χ2v) is 4.75. The van der Waals surface area contributed by atoms with E-state index in [1.807, 2.05) is 38.2 Å². The fourth-order valence-corrected chi connectivity index (χ4v) is 2.10. The zero-order chi connectivity index (χ0) is 13.8. The topological polar surface area (TPSA) is 23.5 Å². The molecule has 19 heavy (non-hydrogen) atoms. The summed E-state index contributed by atoms with van der Waals surface area (Å²) in [5.41, 5.74) is 3.99. The van der Waals surface area contributed by atoms with Gasteiger partial charge in [-0.15, -0.1) is 0 Å². The zero-order valence-electron chi connectivity index (χ0n) is 11.2. The lowest BCUT2D eigenvalue weighted by Gasteiger charge is -2.20. The molecule has 100 valence electrons. The summed E-state index contributed by atoms with van der Waals surface area (Å²) in [6, 6.07) is 12.6. The van der Waals surface area contributed by atoms with Crippen molar-refractivity contribution in [2.45, 2.75) is 20.1 Å². The summed E-state index contributed by atoms with van der Waals surface area (Å²) >= 11 is 0. The molecule has 0 fully saturated rings. The third-order valence-corrected chi connectivity index (χ3v) is 3.25. The van der Waals surface area contributed by atoms with E-state index >= 15 is 0 Å². The first-order chi connectivity index (χ1) is 9.10. The molecule has 2 aromatic carbocycles. The van der Waals surface area contributed by atoms with Gasteiger partial charge in [-0.25, -0.2) is 4.39 Å². The van der Waals surface area contributed by atoms with Crippen LogP contribution in [0.2, 0.25) is 0 Å². The van der Waals surface area contributed by atoms with E-state index in [0.29, 0.717) is 6.54 Å². The number of rotatable bonds is 4. The third kappa shape index (κ3) is 3.32. The highest BCUT2D eigenvalue weighted by molar-refractivity contribution is 5.50. The number of benzene rings is 2. The molecular weight excluding hydrogens is 241 g/mol. The first-order valence-corrected chi connectivity index (χ1v) is 6.26. The maximum Gasteiger partial charge on any atom is 0.123 e. The molecule has 0 aromatic heterocycles. The second-order valence-electron chi connectivity index (χ2n) is 4.75. The number of aryl methyl sites for hydroxylation is 1. The van der Waals surface area contributed by atoms with Gasteiger partial charge < -0.3 is 10.0 Å². The molecule has 0 saturated heterocycles. The molecule has 0 aliphatic carbocycles. The molecule has 0 aliphatic heterocycles. The van der Waals surface area contributed by atoms with Crippen molar-refractivity contribution in [1.82, 2.24) is 0 Å². The van der Waals surface area contributed by atoms with E-state index < -0.39 is 0 Å². The van der Waals surface area contributed by atoms with Crippen LogP contribution in [-0.2, 0) is 13.2 Å². The van der Waals surface area contributed by atoms with Crippen LogP contribution in [0.25, 0.3) is 0 Å². The molecule has 0 saturated carbocycles. The van der Waals surface area contributed by atoms with Crippen LogP contribution >= 0.6 is 0 Å². The average Bonchev–Trinajstić information content (AvgIpc) is 2.38. The molecule has 0 unspecified atom stereocenters. The fraction of sp³-hybridized carbons (Fsp3) is 0.250. The zero-order valence-corrected chi connectivity index (χ0v) is 11.2. The molecule has 0 spiro atoms. The van der Waals surface area contributed by atoms with Gasteiger partial charge in [0.05, 0.1) is 6.61 Å². The molecule has 0 heterocycles. The van der Waals surface area contributed by atoms with Crippen LogP contribution in [0.1, 0.15) is 16.7 Å². The van der Waals surface area contributed by atoms with Crippen LogP contribution in [0.5, 0.6) is 0 Å². The quantitative estimate of drug-likeness (QED) is 0.911. The number of nitrogens with zero attached hydrogens (tertiary/aromatic N) is 1. The Labute approximate surface area is 113 Å². The lowest BCUT2D eigenvalue weighted by Crippen LogP contribution is -2.16. The first-order valence-electron chi connectivity index (χ1n) is 6.26. The van der Waals surface area contributed by atoms with Crippen molar-refractivity contribution in [3.05, 3.63) is 65.0 Å². The summed E-state index contributed by atoms with van der Waals surface area (Å²) in [4.78, 5) is 2.06. The lowest BCUT2D eigenvalue weighted by atomic mass is 10.1. The Hall–Kier alpha value is -1.87. The first kappa shape index (κ1) is 13.6. The number of hydrogen-bond acceptors (Lipinski definition) is 2. The summed E-state index contributed by atoms with van der Waals surface area (Å²) < 4.78 is 13.1. The minimum atomic E-state index is -0.210. The standard InChI is InChI=1S/C16H18FNO/c1-12-8-16(7-6-14(12)11-19)18(2)10-13-4-3-5-15(17)9-13/h3-9,19H,10-11H2,1-2H3. The second kappa shape index (κ2) is 5.85. The monoisotopic (exact) mass is 259 g/mol. The highest BCUT2D eigenvalue weighted by Gasteiger charge is 2.05. The third-order valence-electron chi connectivity index (χ3n) is 3.25. The number of anilines is 1. The van der Waals surface area contributed by atoms with Crippen molar-refractivity contribution in [3.8, 4) is 0 Å². The van der Waals surface area contributed by atoms with Crippen LogP contribution < -0.4 is 4.90 Å². The van der Waals surface area contributed by atoms with Crippen LogP contribution in [-0.4, -0.2) is 12.2 Å². The van der Waals surface area contributed by atoms with Gasteiger partial charge in [-0.3, -0.25) is 0 Å². The van der Waals surface area contributed by atoms with E-state index in [-0.39, 0.29) is 12.4 Å². The number of halogens is 1. The Kier molecular flexibility index (Phi) is 4.17. The van der Waals surface area contributed by atoms with Gasteiger partial charge in [-0.1, -0.05) is 18.2 Å². The molecule has 1 N–H and O–H groups in total. The molecule has 2 rings (SSSR count). The van der Waals surface area contributed by atoms with Crippen molar-refractivity contribution in [3.63, 3.8) is 0 Å². The Morgan fingerprint density at radius 3 is 2.58 bits per heavy atom. The normalized spacial score (nSPS) is 10.5. The number of aliphatic hydroxyl groups is 1. The largest absolute Gasteiger partial charge is 0.392 e. The van der Waals surface area contributed by atoms with E-state index in [9.17, 15) is 4.39 Å². The summed E-state index contributed by atoms with van der Waals surface area (Å²) in [5, 5.41) is 9.16. The summed E-state index contributed by atoms with van der Waals surface area (Å²) in [6.45, 7) is 2.68. The van der Waals surface area contributed by atoms with Gasteiger partial charge >= 0.3 is 0 Å². The smallest absolute Gasteiger partial charge is 0.123 e. The molecular formula is C16H18FNO. The van der Waals surface area contributed by atoms with E-state index in [1.54, 1.807) is 12.1 Å². The fourth-order valence-electron chi connectivity index (χ4n) is 2.10. The Morgan fingerprint density at radius 2 is 1.95 bits per heavy atom. The van der Waals surface area contributed by atoms with Crippen molar-refractivity contribution < 1.29 is 9.50 Å². The molecule has 3 heteroatoms. The average molecular weight is 259 g/mol. The summed E-state index contributed by atoms with van der Waals surface area (Å²) in [6.07, 6.45) is 0. The Morgan fingerprint density at radius 1 is 1.16 bits per heavy atom. The van der Waals surface area contributed by atoms with E-state index in [1.165, 1.54) is 6.07 Å². The van der Waals surface area contributed by atoms with Crippen LogP contribution in [0.4, 0.5) is 10.1 Å². The van der Waals surface area contributed by atoms with Crippen molar-refractivity contribution in [1.29, 1.82) is 0 Å². The maximum atomic E-state index is 13.1. The van der Waals surface area contributed by atoms with E-state index in [0.717, 1.165) is 22.4 Å². The van der Waals surface area contributed by atoms with Gasteiger partial charge in [-0.05, 0) is 47.9 Å². The van der Waals surface area contributed by atoms with Crippen molar-refractivity contribution in [2.24, 2.45) is 0 Å². The Balaban J connectivity index is 2.15. The van der Waals surface area contributed by atoms with Gasteiger partial charge in [0, 0.05) is 19.3 Å². The predicted octanol–water partition coefficient (Wildman–Crippen LogP) is 3.26. The summed E-state index contributed by atoms with van der Waals surface area (Å²) in [7, 11) is 1.97. The molecule has 0 bridgehead atoms. The van der Waals surface area contributed by atoms with Crippen LogP contribution in [0, 0.1) is 12.7 Å². The molecule has 0 radical (unpaired) electrons. The molecule has 0 atom stereocenters. The van der Waals surface area contributed by atoms with Gasteiger partial charge in [-0.2, -0.15) is 0 Å². The van der Waals surface area contributed by atoms with Crippen LogP contribution in [0.15, 0.2) is 42.5 Å². The Bertz CT molecular complexity index is 568. The van der Waals surface area contributed by atoms with Gasteiger partial charge in [0.15, 0.2) is 0 Å². The van der Waals surface area contributed by atoms with Gasteiger partial charge in [0.2, 0.25) is 0 Å². The maximum absolute atomic E-state index is 13.1. The highest BCUT2D eigenvalue weighted by Crippen LogP contribution is 2.20. The number of hydrogen-bond donors (Lipinski definition) is 1. The molecule has 2 aromatic rings. The predicted molar refractivity (Wildman–Crippen MR) is 75.6 cm³/mol. The molecule has 0 aliphatic rings. The van der Waals surface area contributed by atoms with Gasteiger partial charge in [0.1, 0.15) is 5.82 Å². The number of aliphatic hydroxyl groups excluding tert-OH is 1. The van der Waals surface area contributed by atoms with Crippen molar-refractivity contribution >= 4 is 5.69 Å². The molecule has 2 nitrogen and oxygen atoms in total.